The van der Waals surface area contributed by atoms with Gasteiger partial charge in [-0.25, -0.2) is 9.13 Å². The van der Waals surface area contributed by atoms with Crippen LogP contribution >= 0.6 is 15.6 Å². The van der Waals surface area contributed by atoms with Gasteiger partial charge in [-0.1, -0.05) is 220 Å². The summed E-state index contributed by atoms with van der Waals surface area (Å²) in [7, 11) is -9.55. The number of esters is 2. The number of rotatable bonds is 76. The summed E-state index contributed by atoms with van der Waals surface area (Å²) < 4.78 is 71.0. The van der Waals surface area contributed by atoms with E-state index in [9.17, 15) is 57.9 Å². The van der Waals surface area contributed by atoms with Crippen molar-refractivity contribution in [2.24, 2.45) is 0 Å². The van der Waals surface area contributed by atoms with Crippen molar-refractivity contribution in [1.82, 2.24) is 21.3 Å². The molecule has 0 spiro atoms. The molecule has 8 N–H and O–H groups in total. The van der Waals surface area contributed by atoms with Crippen molar-refractivity contribution >= 4 is 51.2 Å². The zero-order chi connectivity index (χ0) is 79.4. The minimum Gasteiger partial charge on any atom is -1.00 e. The Kier molecular flexibility index (Phi) is 75.1. The molecule has 0 aliphatic rings. The summed E-state index contributed by atoms with van der Waals surface area (Å²) in [5.41, 5.74) is 0.285. The minimum absolute atomic E-state index is 0. The molecule has 1 aromatic carbocycles. The summed E-state index contributed by atoms with van der Waals surface area (Å²) in [6, 6.07) is 3.65. The summed E-state index contributed by atoms with van der Waals surface area (Å²) in [5, 5.41) is 32.0. The number of phosphoric ester groups is 2. The van der Waals surface area contributed by atoms with Crippen LogP contribution in [0.25, 0.3) is 0 Å². The standard InChI is InChI=1S/C82H148N4O20P2.2Na.2H/c1-7-13-19-25-27-29-31-37-43-49-79(91)105-75(47-41-35-23-17-11-5)63-77(89)85-71(65-99-59-55-73(87)45-39-33-21-15-9-3)67-103-107(95,96)101-61-57-83-81(93)69-51-53-70(54-52-69)82(94)84-58-62-102-108(97,98)104-68-72(66-100-60-56-74(88)46-40-34-22-16-10-4)86-78(90)64-76(48-42-36-24-18-12-6)106-80(92)50-44-38-32-30-28-26-20-14-8-2;;;;/h29-32,51-54,71-76,87-88H,7-28,33-50,55-68H2,1-6H3,(H,83,93)(H,84,94)(H,85,89)(H,86,90)(H,95,96)(H,97,98);;;;/q;2*+1;2*-1/b31-29-,32-30-;;;;/t71?,72?,73-,74-,75-,76-;;;;/m1..../s1. The summed E-state index contributed by atoms with van der Waals surface area (Å²) >= 11 is 0. The Hall–Kier alpha value is -2.42. The van der Waals surface area contributed by atoms with Crippen molar-refractivity contribution in [3.05, 3.63) is 59.7 Å². The molecule has 0 radical (unpaired) electrons. The number of aliphatic hydroxyl groups is 2. The maximum Gasteiger partial charge on any atom is 1.00 e. The number of carbonyl (C=O) groups is 6. The third-order valence-electron chi connectivity index (χ3n) is 18.4. The van der Waals surface area contributed by atoms with Gasteiger partial charge in [-0.15, -0.1) is 0 Å². The number of nitrogens with one attached hydrogen (secondary N) is 4. The van der Waals surface area contributed by atoms with Crippen LogP contribution in [-0.2, 0) is 65.4 Å². The molecular weight excluding hydrogens is 1470 g/mol. The third kappa shape index (κ3) is 66.7. The van der Waals surface area contributed by atoms with Gasteiger partial charge >= 0.3 is 86.7 Å². The van der Waals surface area contributed by atoms with Crippen molar-refractivity contribution in [2.45, 2.75) is 361 Å². The van der Waals surface area contributed by atoms with Crippen LogP contribution in [0, 0.1) is 0 Å². The number of benzene rings is 1. The molecule has 0 saturated heterocycles. The number of hydrogen-bond acceptors (Lipinski definition) is 18. The zero-order valence-electron chi connectivity index (χ0n) is 71.5. The van der Waals surface area contributed by atoms with E-state index in [-0.39, 0.29) is 150 Å². The van der Waals surface area contributed by atoms with E-state index in [1.807, 2.05) is 0 Å². The SMILES string of the molecule is CCCCCC/C=C\CCCC(=O)O[C@H](CCCCCCC)CC(=O)NC(COCC[C@H](O)CCCCCCC)COP(=O)(O)OCCNC(=O)c1ccc(C(=O)NCCOP(=O)(O)OCC(COCC[C@H](O)CCCCCCC)NC(=O)C[C@@H](CCCCCCC)OC(=O)CCC/C=C\CCCCCC)cc1.[H-].[H-].[Na+].[Na+]. The number of unbranched alkanes of at least 4 members (excludes halogenated alkanes) is 26. The van der Waals surface area contributed by atoms with Gasteiger partial charge in [-0.05, 0) is 127 Å². The van der Waals surface area contributed by atoms with Gasteiger partial charge in [0, 0.05) is 50.3 Å². The summed E-state index contributed by atoms with van der Waals surface area (Å²) in [6.45, 7) is 10.6. The fraction of sp³-hybridized carbons (Fsp3) is 0.805. The zero-order valence-corrected chi connectivity index (χ0v) is 75.3. The van der Waals surface area contributed by atoms with Crippen LogP contribution in [0.1, 0.15) is 348 Å². The molecule has 4 unspecified atom stereocenters. The Morgan fingerprint density at radius 3 is 1.02 bits per heavy atom. The molecule has 0 aromatic heterocycles. The van der Waals surface area contributed by atoms with Gasteiger partial charge in [0.25, 0.3) is 11.8 Å². The van der Waals surface area contributed by atoms with Gasteiger partial charge in [-0.2, -0.15) is 0 Å². The molecule has 1 aromatic rings. The molecule has 8 atom stereocenters. The first-order valence-corrected chi connectivity index (χ1v) is 44.9. The second-order valence-electron chi connectivity index (χ2n) is 28.7. The number of aliphatic hydroxyl groups excluding tert-OH is 2. The van der Waals surface area contributed by atoms with Crippen LogP contribution in [0.15, 0.2) is 48.6 Å². The monoisotopic (exact) mass is 1620 g/mol. The van der Waals surface area contributed by atoms with Crippen molar-refractivity contribution in [2.75, 3.05) is 65.9 Å². The van der Waals surface area contributed by atoms with Crippen molar-refractivity contribution in [1.29, 1.82) is 0 Å². The normalized spacial score (nSPS) is 14.3. The molecule has 1 rings (SSSR count). The predicted octanol–water partition coefficient (Wildman–Crippen LogP) is 11.6. The van der Waals surface area contributed by atoms with E-state index < -0.39 is 102 Å². The van der Waals surface area contributed by atoms with Crippen molar-refractivity contribution in [3.63, 3.8) is 0 Å². The Morgan fingerprint density at radius 2 is 0.691 bits per heavy atom. The molecular formula is C82H150N4Na2O20P2. The Balaban J connectivity index is -0.0000146. The fourth-order valence-corrected chi connectivity index (χ4v) is 13.4. The molecule has 0 fully saturated rings. The van der Waals surface area contributed by atoms with E-state index in [4.69, 9.17) is 37.0 Å². The van der Waals surface area contributed by atoms with Gasteiger partial charge in [-0.3, -0.25) is 46.9 Å². The van der Waals surface area contributed by atoms with E-state index in [0.29, 0.717) is 51.4 Å². The van der Waals surface area contributed by atoms with Gasteiger partial charge in [0.15, 0.2) is 0 Å². The van der Waals surface area contributed by atoms with E-state index in [2.05, 4.69) is 87.1 Å². The van der Waals surface area contributed by atoms with E-state index in [1.165, 1.54) is 62.8 Å². The van der Waals surface area contributed by atoms with Crippen LogP contribution in [0.5, 0.6) is 0 Å². The summed E-state index contributed by atoms with van der Waals surface area (Å²) in [4.78, 5) is 101. The number of ether oxygens (including phenoxy) is 4. The van der Waals surface area contributed by atoms with Crippen molar-refractivity contribution in [3.8, 4) is 0 Å². The third-order valence-corrected chi connectivity index (χ3v) is 20.3. The number of carbonyl (C=O) groups excluding carboxylic acids is 6. The van der Waals surface area contributed by atoms with Crippen LogP contribution in [0.2, 0.25) is 0 Å². The summed E-state index contributed by atoms with van der Waals surface area (Å²) in [5.74, 6) is -2.88. The molecule has 0 saturated carbocycles. The van der Waals surface area contributed by atoms with Crippen LogP contribution in [0.4, 0.5) is 0 Å². The quantitative estimate of drug-likeness (QED) is 0.00987. The second kappa shape index (κ2) is 75.3. The predicted molar refractivity (Wildman–Crippen MR) is 430 cm³/mol. The summed E-state index contributed by atoms with van der Waals surface area (Å²) in [6.07, 6.45) is 43.6. The average molecular weight is 1620 g/mol. The van der Waals surface area contributed by atoms with Crippen LogP contribution in [-0.4, -0.2) is 158 Å². The van der Waals surface area contributed by atoms with E-state index in [0.717, 1.165) is 167 Å². The molecule has 0 aliphatic heterocycles. The smallest absolute Gasteiger partial charge is 1.00 e. The molecule has 24 nitrogen and oxygen atoms in total. The first kappa shape index (κ1) is 110. The first-order valence-electron chi connectivity index (χ1n) is 41.9. The van der Waals surface area contributed by atoms with Gasteiger partial charge in [0.2, 0.25) is 11.8 Å². The molecule has 0 bridgehead atoms. The molecule has 0 aliphatic carbocycles. The Morgan fingerprint density at radius 1 is 0.391 bits per heavy atom. The van der Waals surface area contributed by atoms with Crippen LogP contribution in [0.3, 0.4) is 0 Å². The van der Waals surface area contributed by atoms with Gasteiger partial charge < -0.3 is 63.1 Å². The minimum atomic E-state index is -4.78. The maximum atomic E-state index is 13.7. The molecule has 110 heavy (non-hydrogen) atoms. The Bertz CT molecular complexity index is 2440. The van der Waals surface area contributed by atoms with Gasteiger partial charge in [0.1, 0.15) is 12.2 Å². The van der Waals surface area contributed by atoms with E-state index >= 15 is 0 Å². The number of hydrogen-bond donors (Lipinski definition) is 8. The average Bonchev–Trinajstić information content (AvgIpc) is 0.853. The number of allylic oxidation sites excluding steroid dienone is 4. The molecule has 630 valence electrons. The maximum absolute atomic E-state index is 13.7. The largest absolute Gasteiger partial charge is 1.00 e. The fourth-order valence-electron chi connectivity index (χ4n) is 11.9. The molecule has 0 heterocycles. The number of amides is 4. The second-order valence-corrected chi connectivity index (χ2v) is 31.6. The van der Waals surface area contributed by atoms with Gasteiger partial charge in [0.05, 0.1) is 76.8 Å². The molecule has 4 amide bonds. The van der Waals surface area contributed by atoms with E-state index in [1.54, 1.807) is 0 Å². The van der Waals surface area contributed by atoms with Crippen molar-refractivity contribution < 1.29 is 157 Å². The molecule has 28 heteroatoms. The van der Waals surface area contributed by atoms with Crippen LogP contribution < -0.4 is 80.4 Å². The number of phosphoric acid groups is 2. The Labute approximate surface area is 710 Å². The first-order chi connectivity index (χ1) is 52.2. The topological polar surface area (TPSA) is 339 Å².